The lowest BCUT2D eigenvalue weighted by Crippen LogP contribution is -2.48. The smallest absolute Gasteiger partial charge is 0.325 e. The molecule has 0 aromatic heterocycles. The molecule has 2 N–H and O–H groups in total. The first-order valence-corrected chi connectivity index (χ1v) is 6.62. The maximum atomic E-state index is 13.0. The second-order valence-electron chi connectivity index (χ2n) is 4.96. The molecule has 2 rings (SSSR count). The zero-order valence-corrected chi connectivity index (χ0v) is 12.2. The van der Waals surface area contributed by atoms with Crippen LogP contribution in [0.3, 0.4) is 0 Å². The molecule has 1 aromatic rings. The zero-order valence-electron chi connectivity index (χ0n) is 12.2. The van der Waals surface area contributed by atoms with E-state index in [-0.39, 0.29) is 18.4 Å². The van der Waals surface area contributed by atoms with Gasteiger partial charge in [-0.05, 0) is 18.9 Å². The molecular weight excluding hydrogens is 331 g/mol. The van der Waals surface area contributed by atoms with Gasteiger partial charge in [-0.15, -0.1) is 5.06 Å². The van der Waals surface area contributed by atoms with Gasteiger partial charge in [0.05, 0.1) is 5.56 Å². The van der Waals surface area contributed by atoms with E-state index < -0.39 is 35.2 Å². The molecule has 1 aliphatic rings. The minimum Gasteiger partial charge on any atom is -0.325 e. The summed E-state index contributed by atoms with van der Waals surface area (Å²) in [5, 5.41) is 0.338. The Labute approximate surface area is 133 Å². The van der Waals surface area contributed by atoms with E-state index in [2.05, 4.69) is 16.5 Å². The number of hydrogen-bond acceptors (Lipinski definition) is 6. The summed E-state index contributed by atoms with van der Waals surface area (Å²) >= 11 is 0. The van der Waals surface area contributed by atoms with Gasteiger partial charge >= 0.3 is 12.1 Å². The van der Waals surface area contributed by atoms with Crippen LogP contribution in [0.1, 0.15) is 28.8 Å². The minimum atomic E-state index is -4.88. The summed E-state index contributed by atoms with van der Waals surface area (Å²) in [4.78, 5) is 42.1. The number of alkyl halides is 3. The molecule has 1 aliphatic heterocycles. The molecule has 2 amide bonds. The zero-order chi connectivity index (χ0) is 18.1. The summed E-state index contributed by atoms with van der Waals surface area (Å²) in [5.74, 6) is -2.40. The normalized spacial score (nSPS) is 17.6. The fourth-order valence-corrected chi connectivity index (χ4v) is 2.00. The molecule has 7 nitrogen and oxygen atoms in total. The van der Waals surface area contributed by atoms with Gasteiger partial charge in [0.1, 0.15) is 0 Å². The van der Waals surface area contributed by atoms with E-state index in [1.54, 1.807) is 0 Å². The van der Waals surface area contributed by atoms with Crippen LogP contribution in [0.25, 0.3) is 0 Å². The molecule has 0 radical (unpaired) electrons. The van der Waals surface area contributed by atoms with Crippen molar-refractivity contribution in [2.75, 3.05) is 0 Å². The molecule has 128 valence electrons. The molecule has 1 unspecified atom stereocenters. The number of nitrogens with zero attached hydrogens (tertiary/aromatic N) is 2. The predicted octanol–water partition coefficient (Wildman–Crippen LogP) is 1.28. The van der Waals surface area contributed by atoms with Gasteiger partial charge in [0.15, 0.2) is 0 Å². The quantitative estimate of drug-likeness (QED) is 0.655. The van der Waals surface area contributed by atoms with Crippen molar-refractivity contribution in [3.05, 3.63) is 35.4 Å². The van der Waals surface area contributed by atoms with Crippen molar-refractivity contribution in [3.63, 3.8) is 0 Å². The lowest BCUT2D eigenvalue weighted by Gasteiger charge is -2.27. The summed E-state index contributed by atoms with van der Waals surface area (Å²) in [6, 6.07) is 3.90. The highest BCUT2D eigenvalue weighted by molar-refractivity contribution is 6.02. The first-order chi connectivity index (χ1) is 11.1. The maximum Gasteiger partial charge on any atom is 0.431 e. The van der Waals surface area contributed by atoms with E-state index in [0.29, 0.717) is 5.06 Å². The van der Waals surface area contributed by atoms with Crippen molar-refractivity contribution < 1.29 is 32.4 Å². The average molecular weight is 343 g/mol. The van der Waals surface area contributed by atoms with Crippen LogP contribution in [0, 0.1) is 0 Å². The highest BCUT2D eigenvalue weighted by Gasteiger charge is 2.53. The van der Waals surface area contributed by atoms with Gasteiger partial charge in [-0.2, -0.15) is 13.2 Å². The number of hydrogen-bond donors (Lipinski definition) is 1. The van der Waals surface area contributed by atoms with E-state index in [1.165, 1.54) is 0 Å². The van der Waals surface area contributed by atoms with Crippen LogP contribution in [0.2, 0.25) is 0 Å². The molecule has 0 aliphatic carbocycles. The summed E-state index contributed by atoms with van der Waals surface area (Å²) < 4.78 is 38.9. The van der Waals surface area contributed by atoms with E-state index in [0.717, 1.165) is 24.3 Å². The minimum absolute atomic E-state index is 0.0721. The van der Waals surface area contributed by atoms with E-state index in [4.69, 9.17) is 5.73 Å². The Morgan fingerprint density at radius 2 is 1.67 bits per heavy atom. The van der Waals surface area contributed by atoms with Gasteiger partial charge in [-0.3, -0.25) is 20.3 Å². The van der Waals surface area contributed by atoms with Gasteiger partial charge < -0.3 is 4.84 Å². The first kappa shape index (κ1) is 17.6. The first-order valence-electron chi connectivity index (χ1n) is 6.62. The molecule has 1 saturated heterocycles. The van der Waals surface area contributed by atoms with Crippen LogP contribution in [0.5, 0.6) is 0 Å². The summed E-state index contributed by atoms with van der Waals surface area (Å²) in [7, 11) is 0. The van der Waals surface area contributed by atoms with Gasteiger partial charge in [0, 0.05) is 18.4 Å². The van der Waals surface area contributed by atoms with Crippen LogP contribution in [-0.2, 0) is 20.1 Å². The Morgan fingerprint density at radius 3 is 2.08 bits per heavy atom. The third kappa shape index (κ3) is 3.00. The fraction of sp³-hybridized carbons (Fsp3) is 0.286. The van der Waals surface area contributed by atoms with Crippen molar-refractivity contribution in [2.24, 2.45) is 10.7 Å². The van der Waals surface area contributed by atoms with Gasteiger partial charge in [-0.1, -0.05) is 12.1 Å². The van der Waals surface area contributed by atoms with Crippen molar-refractivity contribution in [2.45, 2.75) is 24.7 Å². The second kappa shape index (κ2) is 6.04. The molecule has 1 fully saturated rings. The number of aliphatic imine (C=N–C) groups is 1. The molecule has 1 atom stereocenters. The number of benzene rings is 1. The highest BCUT2D eigenvalue weighted by Crippen LogP contribution is 2.37. The van der Waals surface area contributed by atoms with Crippen molar-refractivity contribution in [1.82, 2.24) is 5.06 Å². The average Bonchev–Trinajstić information content (AvgIpc) is 2.85. The Morgan fingerprint density at radius 1 is 1.17 bits per heavy atom. The van der Waals surface area contributed by atoms with Crippen LogP contribution in [0.15, 0.2) is 29.3 Å². The lowest BCUT2D eigenvalue weighted by atomic mass is 9.99. The third-order valence-electron chi connectivity index (χ3n) is 3.42. The molecule has 0 spiro atoms. The van der Waals surface area contributed by atoms with Crippen LogP contribution < -0.4 is 5.73 Å². The van der Waals surface area contributed by atoms with E-state index in [9.17, 15) is 27.6 Å². The number of carbonyl (C=O) groups excluding carboxylic acids is 3. The van der Waals surface area contributed by atoms with Gasteiger partial charge in [0.2, 0.25) is 5.66 Å². The molecule has 0 bridgehead atoms. The maximum absolute atomic E-state index is 13.0. The van der Waals surface area contributed by atoms with E-state index >= 15 is 0 Å². The lowest BCUT2D eigenvalue weighted by molar-refractivity contribution is -0.186. The number of carbonyl (C=O) groups is 3. The molecule has 0 saturated carbocycles. The van der Waals surface area contributed by atoms with Crippen molar-refractivity contribution in [3.8, 4) is 0 Å². The highest BCUT2D eigenvalue weighted by atomic mass is 19.4. The Bertz CT molecular complexity index is 686. The molecule has 24 heavy (non-hydrogen) atoms. The molecule has 1 heterocycles. The predicted molar refractivity (Wildman–Crippen MR) is 74.4 cm³/mol. The van der Waals surface area contributed by atoms with Gasteiger partial charge in [0.25, 0.3) is 11.8 Å². The summed E-state index contributed by atoms with van der Waals surface area (Å²) in [5.41, 5.74) is 1.60. The number of halogens is 3. The fourth-order valence-electron chi connectivity index (χ4n) is 2.00. The standard InChI is InChI=1S/C14H12F3N3O4/c1-19-13(18,14(15,16)17)9-4-2-8(3-5-9)12(23)24-20-10(21)6-7-11(20)22/h2-5H,1,6-7,18H2. The van der Waals surface area contributed by atoms with Crippen molar-refractivity contribution >= 4 is 24.5 Å². The monoisotopic (exact) mass is 343 g/mol. The topological polar surface area (TPSA) is 102 Å². The number of rotatable bonds is 4. The van der Waals surface area contributed by atoms with Crippen LogP contribution in [0.4, 0.5) is 13.2 Å². The largest absolute Gasteiger partial charge is 0.431 e. The molecule has 10 heteroatoms. The summed E-state index contributed by atoms with van der Waals surface area (Å²) in [6.45, 7) is 2.85. The second-order valence-corrected chi connectivity index (χ2v) is 4.96. The number of amides is 2. The van der Waals surface area contributed by atoms with Gasteiger partial charge in [-0.25, -0.2) is 4.79 Å². The Kier molecular flexibility index (Phi) is 4.43. The summed E-state index contributed by atoms with van der Waals surface area (Å²) in [6.07, 6.45) is -5.03. The van der Waals surface area contributed by atoms with Crippen LogP contribution >= 0.6 is 0 Å². The molecular formula is C14H12F3N3O4. The SMILES string of the molecule is C=NC(N)(c1ccc(C(=O)ON2C(=O)CCC2=O)cc1)C(F)(F)F. The number of nitrogens with two attached hydrogens (primary N) is 1. The van der Waals surface area contributed by atoms with E-state index in [1.807, 2.05) is 0 Å². The Hall–Kier alpha value is -2.75. The van der Waals surface area contributed by atoms with Crippen LogP contribution in [-0.4, -0.2) is 35.7 Å². The number of imide groups is 1. The molecule has 1 aromatic carbocycles. The van der Waals surface area contributed by atoms with Crippen molar-refractivity contribution in [1.29, 1.82) is 0 Å². The third-order valence-corrected chi connectivity index (χ3v) is 3.42. The Balaban J connectivity index is 2.20. The number of hydroxylamine groups is 2.